The standard InChI is InChI=1S/C17H19BrCl2F3NO3/c1-11(2)24-27-7-4-3-6-26-16-13(17(21,22)23)9-12(10-14(16)19)25-8-5-15(18)20/h5,9-10H,3-4,6-8H2,1-2H3/b15-5-. The van der Waals surface area contributed by atoms with Gasteiger partial charge in [-0.3, -0.25) is 0 Å². The second kappa shape index (κ2) is 11.7. The molecule has 0 aliphatic carbocycles. The highest BCUT2D eigenvalue weighted by Gasteiger charge is 2.36. The Labute approximate surface area is 174 Å². The topological polar surface area (TPSA) is 40.0 Å². The molecule has 0 heterocycles. The van der Waals surface area contributed by atoms with Crippen LogP contribution in [0.4, 0.5) is 13.2 Å². The van der Waals surface area contributed by atoms with Gasteiger partial charge < -0.3 is 14.3 Å². The lowest BCUT2D eigenvalue weighted by molar-refractivity contribution is -0.139. The maximum atomic E-state index is 13.3. The van der Waals surface area contributed by atoms with E-state index in [1.54, 1.807) is 13.8 Å². The summed E-state index contributed by atoms with van der Waals surface area (Å²) in [4.78, 5) is 5.01. The third-order valence-corrected chi connectivity index (χ3v) is 3.69. The van der Waals surface area contributed by atoms with Crippen LogP contribution in [0.5, 0.6) is 11.5 Å². The molecule has 0 saturated carbocycles. The Morgan fingerprint density at radius 1 is 1.19 bits per heavy atom. The van der Waals surface area contributed by atoms with Crippen molar-refractivity contribution >= 4 is 44.8 Å². The molecule has 0 saturated heterocycles. The van der Waals surface area contributed by atoms with Crippen LogP contribution in [-0.2, 0) is 11.0 Å². The molecular weight excluding hydrogens is 474 g/mol. The van der Waals surface area contributed by atoms with E-state index in [0.717, 1.165) is 11.8 Å². The second-order valence-electron chi connectivity index (χ2n) is 5.51. The number of ether oxygens (including phenoxy) is 2. The zero-order valence-electron chi connectivity index (χ0n) is 14.7. The van der Waals surface area contributed by atoms with Crippen LogP contribution in [0.25, 0.3) is 0 Å². The van der Waals surface area contributed by atoms with E-state index in [2.05, 4.69) is 21.1 Å². The maximum Gasteiger partial charge on any atom is 0.420 e. The predicted octanol–water partition coefficient (Wildman–Crippen LogP) is 6.78. The zero-order chi connectivity index (χ0) is 20.4. The first-order valence-electron chi connectivity index (χ1n) is 7.92. The molecule has 0 fully saturated rings. The lowest BCUT2D eigenvalue weighted by Gasteiger charge is -2.17. The SMILES string of the molecule is CC(C)=NOCCCCOc1c(Cl)cc(OC/C=C(\Cl)Br)cc1C(F)(F)F. The first kappa shape index (κ1) is 23.9. The van der Waals surface area contributed by atoms with E-state index >= 15 is 0 Å². The van der Waals surface area contributed by atoms with Crippen molar-refractivity contribution in [3.8, 4) is 11.5 Å². The van der Waals surface area contributed by atoms with Gasteiger partial charge in [0.15, 0.2) is 0 Å². The summed E-state index contributed by atoms with van der Waals surface area (Å²) in [5, 5.41) is 3.58. The van der Waals surface area contributed by atoms with Crippen LogP contribution in [0.1, 0.15) is 32.3 Å². The number of rotatable bonds is 10. The van der Waals surface area contributed by atoms with Gasteiger partial charge in [-0.05, 0) is 54.8 Å². The summed E-state index contributed by atoms with van der Waals surface area (Å²) in [7, 11) is 0. The molecule has 0 aromatic heterocycles. The zero-order valence-corrected chi connectivity index (χ0v) is 17.8. The normalized spacial score (nSPS) is 11.9. The first-order chi connectivity index (χ1) is 12.6. The van der Waals surface area contributed by atoms with Crippen molar-refractivity contribution in [1.29, 1.82) is 0 Å². The summed E-state index contributed by atoms with van der Waals surface area (Å²) >= 11 is 14.5. The molecule has 0 radical (unpaired) electrons. The van der Waals surface area contributed by atoms with E-state index in [0.29, 0.717) is 19.4 Å². The van der Waals surface area contributed by atoms with Crippen molar-refractivity contribution in [2.45, 2.75) is 32.9 Å². The van der Waals surface area contributed by atoms with E-state index in [-0.39, 0.29) is 27.9 Å². The highest BCUT2D eigenvalue weighted by Crippen LogP contribution is 2.43. The molecule has 152 valence electrons. The Hall–Kier alpha value is -1.12. The molecule has 0 spiro atoms. The Bertz CT molecular complexity index is 674. The molecule has 1 rings (SSSR count). The van der Waals surface area contributed by atoms with Crippen molar-refractivity contribution < 1.29 is 27.5 Å². The van der Waals surface area contributed by atoms with Gasteiger partial charge in [-0.2, -0.15) is 13.2 Å². The van der Waals surface area contributed by atoms with Crippen LogP contribution in [0.15, 0.2) is 27.3 Å². The number of benzene rings is 1. The van der Waals surface area contributed by atoms with Gasteiger partial charge >= 0.3 is 6.18 Å². The molecule has 10 heteroatoms. The van der Waals surface area contributed by atoms with Crippen molar-refractivity contribution in [3.63, 3.8) is 0 Å². The number of unbranched alkanes of at least 4 members (excludes halogenated alkanes) is 1. The van der Waals surface area contributed by atoms with E-state index in [9.17, 15) is 13.2 Å². The van der Waals surface area contributed by atoms with Crippen molar-refractivity contribution in [3.05, 3.63) is 32.7 Å². The minimum atomic E-state index is -4.64. The van der Waals surface area contributed by atoms with Gasteiger partial charge in [0, 0.05) is 6.07 Å². The molecule has 0 atom stereocenters. The largest absolute Gasteiger partial charge is 0.491 e. The Kier molecular flexibility index (Phi) is 10.3. The van der Waals surface area contributed by atoms with Crippen LogP contribution >= 0.6 is 39.1 Å². The quantitative estimate of drug-likeness (QED) is 0.205. The first-order valence-corrected chi connectivity index (χ1v) is 9.46. The van der Waals surface area contributed by atoms with Gasteiger partial charge in [-0.25, -0.2) is 0 Å². The van der Waals surface area contributed by atoms with Gasteiger partial charge in [-0.15, -0.1) is 0 Å². The smallest absolute Gasteiger partial charge is 0.420 e. The van der Waals surface area contributed by atoms with E-state index in [1.807, 2.05) is 0 Å². The summed E-state index contributed by atoms with van der Waals surface area (Å²) in [5.74, 6) is -0.462. The molecule has 1 aromatic carbocycles. The Morgan fingerprint density at radius 3 is 2.44 bits per heavy atom. The van der Waals surface area contributed by atoms with Gasteiger partial charge in [0.05, 0.1) is 21.3 Å². The van der Waals surface area contributed by atoms with Crippen molar-refractivity contribution in [2.24, 2.45) is 5.16 Å². The molecule has 0 amide bonds. The summed E-state index contributed by atoms with van der Waals surface area (Å²) in [6.07, 6.45) is -2.13. The number of hydrogen-bond donors (Lipinski definition) is 0. The van der Waals surface area contributed by atoms with Gasteiger partial charge in [0.25, 0.3) is 0 Å². The van der Waals surface area contributed by atoms with E-state index in [1.165, 1.54) is 12.1 Å². The van der Waals surface area contributed by atoms with Crippen LogP contribution in [0, 0.1) is 0 Å². The molecule has 4 nitrogen and oxygen atoms in total. The van der Waals surface area contributed by atoms with Gasteiger partial charge in [0.2, 0.25) is 0 Å². The molecule has 0 bridgehead atoms. The summed E-state index contributed by atoms with van der Waals surface area (Å²) in [6, 6.07) is 2.11. The van der Waals surface area contributed by atoms with Gasteiger partial charge in [-0.1, -0.05) is 28.4 Å². The molecule has 0 N–H and O–H groups in total. The fraction of sp³-hybridized carbons (Fsp3) is 0.471. The highest BCUT2D eigenvalue weighted by molar-refractivity contribution is 9.12. The number of hydrogen-bond acceptors (Lipinski definition) is 4. The van der Waals surface area contributed by atoms with Crippen LogP contribution in [-0.4, -0.2) is 25.5 Å². The molecule has 1 aromatic rings. The monoisotopic (exact) mass is 491 g/mol. The lowest BCUT2D eigenvalue weighted by atomic mass is 10.1. The highest BCUT2D eigenvalue weighted by atomic mass is 79.9. The fourth-order valence-corrected chi connectivity index (χ4v) is 2.29. The third kappa shape index (κ3) is 9.58. The lowest BCUT2D eigenvalue weighted by Crippen LogP contribution is -2.11. The average molecular weight is 493 g/mol. The van der Waals surface area contributed by atoms with Crippen LogP contribution in [0.2, 0.25) is 5.02 Å². The molecule has 0 aliphatic heterocycles. The fourth-order valence-electron chi connectivity index (χ4n) is 1.83. The Balaban J connectivity index is 2.74. The average Bonchev–Trinajstić information content (AvgIpc) is 2.53. The summed E-state index contributed by atoms with van der Waals surface area (Å²) in [5.41, 5.74) is -0.217. The minimum Gasteiger partial charge on any atom is -0.491 e. The third-order valence-electron chi connectivity index (χ3n) is 2.93. The Morgan fingerprint density at radius 2 is 1.85 bits per heavy atom. The molecule has 0 unspecified atom stereocenters. The van der Waals surface area contributed by atoms with Gasteiger partial charge in [0.1, 0.15) is 30.3 Å². The maximum absolute atomic E-state index is 13.3. The summed E-state index contributed by atoms with van der Waals surface area (Å²) in [6.45, 7) is 3.98. The van der Waals surface area contributed by atoms with Crippen LogP contribution in [0.3, 0.4) is 0 Å². The van der Waals surface area contributed by atoms with E-state index in [4.69, 9.17) is 37.5 Å². The number of nitrogens with zero attached hydrogens (tertiary/aromatic N) is 1. The van der Waals surface area contributed by atoms with Crippen LogP contribution < -0.4 is 9.47 Å². The number of oxime groups is 1. The van der Waals surface area contributed by atoms with Crippen molar-refractivity contribution in [2.75, 3.05) is 19.8 Å². The number of alkyl halides is 3. The van der Waals surface area contributed by atoms with Crippen molar-refractivity contribution in [1.82, 2.24) is 0 Å². The molecule has 0 aliphatic rings. The molecule has 27 heavy (non-hydrogen) atoms. The molecular formula is C17H19BrCl2F3NO3. The summed E-state index contributed by atoms with van der Waals surface area (Å²) < 4.78 is 50.8. The second-order valence-corrected chi connectivity index (χ2v) is 7.64. The minimum absolute atomic E-state index is 0.0162. The predicted molar refractivity (Wildman–Crippen MR) is 104 cm³/mol. The number of halogens is 6. The van der Waals surface area contributed by atoms with E-state index < -0.39 is 17.5 Å².